The molecule has 2 atom stereocenters. The third-order valence-corrected chi connectivity index (χ3v) is 5.90. The lowest BCUT2D eigenvalue weighted by atomic mass is 9.95. The lowest BCUT2D eigenvalue weighted by Gasteiger charge is -2.40. The van der Waals surface area contributed by atoms with Crippen LogP contribution in [0.25, 0.3) is 0 Å². The summed E-state index contributed by atoms with van der Waals surface area (Å²) < 4.78 is 5.85. The van der Waals surface area contributed by atoms with Crippen LogP contribution in [0.5, 0.6) is 5.75 Å². The highest BCUT2D eigenvalue weighted by atomic mass is 16.5. The van der Waals surface area contributed by atoms with Crippen molar-refractivity contribution in [2.75, 3.05) is 26.2 Å². The van der Waals surface area contributed by atoms with Crippen molar-refractivity contribution in [3.05, 3.63) is 102 Å². The predicted molar refractivity (Wildman–Crippen MR) is 124 cm³/mol. The molecule has 4 rings (SSSR count). The average molecular weight is 415 g/mol. The second-order valence-electron chi connectivity index (χ2n) is 8.16. The molecule has 3 aromatic rings. The number of nitrogens with zero attached hydrogens (tertiary/aromatic N) is 2. The molecule has 0 N–H and O–H groups in total. The topological polar surface area (TPSA) is 32.8 Å². The molecule has 160 valence electrons. The van der Waals surface area contributed by atoms with Crippen LogP contribution in [0.3, 0.4) is 0 Å². The number of rotatable bonds is 6. The van der Waals surface area contributed by atoms with Gasteiger partial charge in [-0.3, -0.25) is 9.69 Å². The van der Waals surface area contributed by atoms with Gasteiger partial charge in [0.25, 0.3) is 5.91 Å². The van der Waals surface area contributed by atoms with E-state index in [-0.39, 0.29) is 11.9 Å². The minimum absolute atomic E-state index is 0.0510. The van der Waals surface area contributed by atoms with Gasteiger partial charge in [-0.2, -0.15) is 0 Å². The van der Waals surface area contributed by atoms with Gasteiger partial charge in [-0.05, 0) is 37.1 Å². The molecule has 1 fully saturated rings. The van der Waals surface area contributed by atoms with E-state index >= 15 is 0 Å². The fourth-order valence-corrected chi connectivity index (χ4v) is 4.21. The molecule has 1 saturated heterocycles. The molecule has 4 heteroatoms. The number of hydrogen-bond donors (Lipinski definition) is 0. The minimum atomic E-state index is -0.490. The summed E-state index contributed by atoms with van der Waals surface area (Å²) >= 11 is 0. The van der Waals surface area contributed by atoms with E-state index in [2.05, 4.69) is 66.4 Å². The van der Waals surface area contributed by atoms with Crippen LogP contribution in [0.2, 0.25) is 0 Å². The molecule has 1 aliphatic rings. The lowest BCUT2D eigenvalue weighted by Crippen LogP contribution is -2.52. The maximum atomic E-state index is 12.9. The summed E-state index contributed by atoms with van der Waals surface area (Å²) in [5.74, 6) is 0.778. The van der Waals surface area contributed by atoms with Crippen LogP contribution < -0.4 is 4.74 Å². The maximum Gasteiger partial charge on any atom is 0.263 e. The van der Waals surface area contributed by atoms with Crippen LogP contribution in [-0.2, 0) is 4.79 Å². The monoisotopic (exact) mass is 414 g/mol. The third kappa shape index (κ3) is 5.15. The van der Waals surface area contributed by atoms with Crippen LogP contribution in [0.15, 0.2) is 84.9 Å². The normalized spacial score (nSPS) is 16.5. The van der Waals surface area contributed by atoms with Gasteiger partial charge in [0.1, 0.15) is 5.75 Å². The van der Waals surface area contributed by atoms with E-state index in [9.17, 15) is 4.79 Å². The second kappa shape index (κ2) is 9.80. The molecule has 0 radical (unpaired) electrons. The molecule has 0 saturated carbocycles. The van der Waals surface area contributed by atoms with Crippen molar-refractivity contribution in [3.63, 3.8) is 0 Å². The highest BCUT2D eigenvalue weighted by molar-refractivity contribution is 5.81. The van der Waals surface area contributed by atoms with Crippen LogP contribution in [0, 0.1) is 6.92 Å². The number of benzene rings is 3. The van der Waals surface area contributed by atoms with Gasteiger partial charge < -0.3 is 9.64 Å². The van der Waals surface area contributed by atoms with Crippen LogP contribution >= 0.6 is 0 Å². The predicted octanol–water partition coefficient (Wildman–Crippen LogP) is 4.70. The van der Waals surface area contributed by atoms with Crippen molar-refractivity contribution in [2.24, 2.45) is 0 Å². The zero-order chi connectivity index (χ0) is 21.6. The van der Waals surface area contributed by atoms with Gasteiger partial charge in [0, 0.05) is 26.2 Å². The van der Waals surface area contributed by atoms with E-state index in [0.29, 0.717) is 13.1 Å². The summed E-state index contributed by atoms with van der Waals surface area (Å²) in [5, 5.41) is 0. The molecule has 0 aliphatic carbocycles. The number of amides is 1. The standard InChI is InChI=1S/C27H30N2O2/c1-21-13-15-24(16-14-21)26(23-9-5-3-6-10-23)28-17-19-29(20-18-28)27(30)22(2)31-25-11-7-4-8-12-25/h3-16,22,26H,17-20H2,1-2H3/t22-,26-/m1/s1. The number of carbonyl (C=O) groups excluding carboxylic acids is 1. The number of para-hydroxylation sites is 1. The Morgan fingerprint density at radius 1 is 0.774 bits per heavy atom. The summed E-state index contributed by atoms with van der Waals surface area (Å²) in [6.45, 7) is 7.02. The first-order valence-corrected chi connectivity index (χ1v) is 11.0. The van der Waals surface area contributed by atoms with E-state index < -0.39 is 6.10 Å². The van der Waals surface area contributed by atoms with Gasteiger partial charge in [-0.1, -0.05) is 78.4 Å². The Morgan fingerprint density at radius 2 is 1.32 bits per heavy atom. The summed E-state index contributed by atoms with van der Waals surface area (Å²) in [6.07, 6.45) is -0.490. The fourth-order valence-electron chi connectivity index (χ4n) is 4.21. The molecule has 0 unspecified atom stereocenters. The summed E-state index contributed by atoms with van der Waals surface area (Å²) in [4.78, 5) is 17.3. The molecule has 1 aliphatic heterocycles. The number of ether oxygens (including phenoxy) is 1. The summed E-state index contributed by atoms with van der Waals surface area (Å²) in [6, 6.07) is 29.2. The third-order valence-electron chi connectivity index (χ3n) is 5.90. The van der Waals surface area contributed by atoms with Crippen molar-refractivity contribution in [2.45, 2.75) is 26.0 Å². The molecule has 0 bridgehead atoms. The maximum absolute atomic E-state index is 12.9. The Morgan fingerprint density at radius 3 is 1.94 bits per heavy atom. The van der Waals surface area contributed by atoms with E-state index in [4.69, 9.17) is 4.74 Å². The Bertz CT molecular complexity index is 965. The molecule has 31 heavy (non-hydrogen) atoms. The van der Waals surface area contributed by atoms with E-state index in [0.717, 1.165) is 18.8 Å². The fraction of sp³-hybridized carbons (Fsp3) is 0.296. The second-order valence-corrected chi connectivity index (χ2v) is 8.16. The van der Waals surface area contributed by atoms with Crippen molar-refractivity contribution >= 4 is 5.91 Å². The van der Waals surface area contributed by atoms with Crippen molar-refractivity contribution < 1.29 is 9.53 Å². The van der Waals surface area contributed by atoms with Crippen LogP contribution in [0.1, 0.15) is 29.7 Å². The summed E-state index contributed by atoms with van der Waals surface area (Å²) in [5.41, 5.74) is 3.84. The Kier molecular flexibility index (Phi) is 6.68. The Hall–Kier alpha value is -3.11. The van der Waals surface area contributed by atoms with Crippen molar-refractivity contribution in [1.29, 1.82) is 0 Å². The first-order chi connectivity index (χ1) is 15.1. The Balaban J connectivity index is 1.44. The van der Waals surface area contributed by atoms with Gasteiger partial charge >= 0.3 is 0 Å². The largest absolute Gasteiger partial charge is 0.481 e. The molecule has 4 nitrogen and oxygen atoms in total. The zero-order valence-corrected chi connectivity index (χ0v) is 18.3. The van der Waals surface area contributed by atoms with Crippen molar-refractivity contribution in [1.82, 2.24) is 9.80 Å². The number of hydrogen-bond acceptors (Lipinski definition) is 3. The molecular weight excluding hydrogens is 384 g/mol. The van der Waals surface area contributed by atoms with Crippen LogP contribution in [-0.4, -0.2) is 48.0 Å². The first-order valence-electron chi connectivity index (χ1n) is 11.0. The lowest BCUT2D eigenvalue weighted by molar-refractivity contribution is -0.140. The quantitative estimate of drug-likeness (QED) is 0.586. The molecule has 1 heterocycles. The highest BCUT2D eigenvalue weighted by Crippen LogP contribution is 2.30. The van der Waals surface area contributed by atoms with Gasteiger partial charge in [-0.25, -0.2) is 0 Å². The SMILES string of the molecule is Cc1ccc([C@@H](c2ccccc2)N2CCN(C(=O)[C@@H](C)Oc3ccccc3)CC2)cc1. The molecular formula is C27H30N2O2. The van der Waals surface area contributed by atoms with Gasteiger partial charge in [0.2, 0.25) is 0 Å². The van der Waals surface area contributed by atoms with Gasteiger partial charge in [-0.15, -0.1) is 0 Å². The first kappa shape index (κ1) is 21.1. The van der Waals surface area contributed by atoms with Crippen molar-refractivity contribution in [3.8, 4) is 5.75 Å². The van der Waals surface area contributed by atoms with Gasteiger partial charge in [0.05, 0.1) is 6.04 Å². The molecule has 1 amide bonds. The number of piperazine rings is 1. The number of aryl methyl sites for hydroxylation is 1. The molecule has 0 aromatic heterocycles. The average Bonchev–Trinajstić information content (AvgIpc) is 2.82. The highest BCUT2D eigenvalue weighted by Gasteiger charge is 2.30. The van der Waals surface area contributed by atoms with E-state index in [1.807, 2.05) is 42.2 Å². The van der Waals surface area contributed by atoms with E-state index in [1.54, 1.807) is 0 Å². The molecule has 3 aromatic carbocycles. The summed E-state index contributed by atoms with van der Waals surface area (Å²) in [7, 11) is 0. The van der Waals surface area contributed by atoms with E-state index in [1.165, 1.54) is 16.7 Å². The zero-order valence-electron chi connectivity index (χ0n) is 18.3. The smallest absolute Gasteiger partial charge is 0.263 e. The van der Waals surface area contributed by atoms with Crippen LogP contribution in [0.4, 0.5) is 0 Å². The molecule has 0 spiro atoms. The van der Waals surface area contributed by atoms with Gasteiger partial charge in [0.15, 0.2) is 6.10 Å². The number of carbonyl (C=O) groups is 1. The minimum Gasteiger partial charge on any atom is -0.481 e. The Labute approximate surface area is 185 Å².